The van der Waals surface area contributed by atoms with Crippen LogP contribution in [-0.4, -0.2) is 18.2 Å². The molecule has 1 aromatic heterocycles. The first-order valence-electron chi connectivity index (χ1n) is 4.85. The summed E-state index contributed by atoms with van der Waals surface area (Å²) >= 11 is 0. The van der Waals surface area contributed by atoms with Crippen LogP contribution in [0.5, 0.6) is 0 Å². The van der Waals surface area contributed by atoms with Crippen LogP contribution in [0.2, 0.25) is 0 Å². The highest BCUT2D eigenvalue weighted by molar-refractivity contribution is 8.13. The van der Waals surface area contributed by atoms with Crippen molar-refractivity contribution in [2.45, 2.75) is 25.3 Å². The van der Waals surface area contributed by atoms with Gasteiger partial charge in [-0.1, -0.05) is 0 Å². The minimum absolute atomic E-state index is 0.108. The predicted molar refractivity (Wildman–Crippen MR) is 63.2 cm³/mol. The highest BCUT2D eigenvalue weighted by atomic mass is 35.7. The first-order chi connectivity index (χ1) is 7.43. The summed E-state index contributed by atoms with van der Waals surface area (Å²) in [5.41, 5.74) is 1.68. The summed E-state index contributed by atoms with van der Waals surface area (Å²) in [4.78, 5) is 0.108. The molecule has 1 heterocycles. The van der Waals surface area contributed by atoms with Gasteiger partial charge in [0.1, 0.15) is 0 Å². The van der Waals surface area contributed by atoms with Crippen LogP contribution in [0.4, 0.5) is 0 Å². The number of halogens is 1. The van der Waals surface area contributed by atoms with E-state index in [1.807, 2.05) is 13.8 Å². The van der Waals surface area contributed by atoms with E-state index in [2.05, 4.69) is 5.10 Å². The van der Waals surface area contributed by atoms with Crippen LogP contribution >= 0.6 is 10.7 Å². The highest BCUT2D eigenvalue weighted by Gasteiger charge is 2.13. The number of hydrogen-bond donors (Lipinski definition) is 0. The molecule has 0 N–H and O–H groups in total. The molecule has 86 valence electrons. The number of rotatable bonds is 2. The molecule has 0 amide bonds. The Morgan fingerprint density at radius 1 is 1.44 bits per heavy atom. The third-order valence-corrected chi connectivity index (χ3v) is 3.84. The lowest BCUT2D eigenvalue weighted by atomic mass is 10.2. The van der Waals surface area contributed by atoms with Gasteiger partial charge < -0.3 is 0 Å². The van der Waals surface area contributed by atoms with E-state index in [9.17, 15) is 8.42 Å². The number of aromatic nitrogens is 2. The molecule has 2 rings (SSSR count). The van der Waals surface area contributed by atoms with Crippen LogP contribution in [0.3, 0.4) is 0 Å². The Morgan fingerprint density at radius 3 is 2.69 bits per heavy atom. The van der Waals surface area contributed by atoms with Gasteiger partial charge in [0.15, 0.2) is 0 Å². The SMILES string of the molecule is CCn1nc(C)c2ccc(S(=O)(=O)Cl)cc21. The molecule has 0 atom stereocenters. The first kappa shape index (κ1) is 11.4. The molecule has 2 aromatic rings. The molecule has 0 spiro atoms. The molecular weight excluding hydrogens is 248 g/mol. The Bertz CT molecular complexity index is 646. The average Bonchev–Trinajstić information content (AvgIpc) is 2.54. The van der Waals surface area contributed by atoms with Gasteiger partial charge >= 0.3 is 0 Å². The molecule has 0 unspecified atom stereocenters. The third kappa shape index (κ3) is 1.81. The second-order valence-corrected chi connectivity index (χ2v) is 6.08. The maximum absolute atomic E-state index is 11.2. The van der Waals surface area contributed by atoms with E-state index in [1.165, 1.54) is 6.07 Å². The zero-order chi connectivity index (χ0) is 11.9. The largest absolute Gasteiger partial charge is 0.265 e. The molecule has 0 fully saturated rings. The van der Waals surface area contributed by atoms with Crippen molar-refractivity contribution < 1.29 is 8.42 Å². The third-order valence-electron chi connectivity index (χ3n) is 2.49. The van der Waals surface area contributed by atoms with Gasteiger partial charge in [-0.25, -0.2) is 8.42 Å². The number of aryl methyl sites for hydroxylation is 2. The Labute approximate surface area is 98.2 Å². The van der Waals surface area contributed by atoms with Gasteiger partial charge in [-0.2, -0.15) is 5.10 Å². The topological polar surface area (TPSA) is 52.0 Å². The van der Waals surface area contributed by atoms with Gasteiger partial charge in [-0.15, -0.1) is 0 Å². The van der Waals surface area contributed by atoms with E-state index in [1.54, 1.807) is 16.8 Å². The summed E-state index contributed by atoms with van der Waals surface area (Å²) in [6.07, 6.45) is 0. The molecule has 0 bridgehead atoms. The lowest BCUT2D eigenvalue weighted by Gasteiger charge is -2.00. The lowest BCUT2D eigenvalue weighted by Crippen LogP contribution is -1.97. The quantitative estimate of drug-likeness (QED) is 0.777. The van der Waals surface area contributed by atoms with E-state index < -0.39 is 9.05 Å². The molecule has 1 aromatic carbocycles. The van der Waals surface area contributed by atoms with Crippen molar-refractivity contribution in [1.82, 2.24) is 9.78 Å². The zero-order valence-electron chi connectivity index (χ0n) is 8.94. The van der Waals surface area contributed by atoms with Crippen molar-refractivity contribution in [1.29, 1.82) is 0 Å². The van der Waals surface area contributed by atoms with Crippen molar-refractivity contribution in [2.75, 3.05) is 0 Å². The van der Waals surface area contributed by atoms with Gasteiger partial charge in [0.2, 0.25) is 0 Å². The summed E-state index contributed by atoms with van der Waals surface area (Å²) in [6, 6.07) is 4.79. The molecule has 0 saturated heterocycles. The standard InChI is InChI=1S/C10H11ClN2O2S/c1-3-13-10-6-8(16(11,14)15)4-5-9(10)7(2)12-13/h4-6H,3H2,1-2H3. The molecule has 0 radical (unpaired) electrons. The molecule has 16 heavy (non-hydrogen) atoms. The summed E-state index contributed by atoms with van der Waals surface area (Å²) in [6.45, 7) is 4.53. The lowest BCUT2D eigenvalue weighted by molar-refractivity contribution is 0.609. The van der Waals surface area contributed by atoms with E-state index in [4.69, 9.17) is 10.7 Å². The average molecular weight is 259 g/mol. The number of fused-ring (bicyclic) bond motifs is 1. The minimum atomic E-state index is -3.68. The van der Waals surface area contributed by atoms with Crippen LogP contribution in [0.25, 0.3) is 10.9 Å². The summed E-state index contributed by atoms with van der Waals surface area (Å²) in [5, 5.41) is 5.26. The van der Waals surface area contributed by atoms with Crippen LogP contribution in [0, 0.1) is 6.92 Å². The summed E-state index contributed by atoms with van der Waals surface area (Å²) in [7, 11) is 1.62. The maximum Gasteiger partial charge on any atom is 0.261 e. The Hall–Kier alpha value is -1.07. The fourth-order valence-corrected chi connectivity index (χ4v) is 2.48. The maximum atomic E-state index is 11.2. The van der Waals surface area contributed by atoms with Crippen molar-refractivity contribution in [3.05, 3.63) is 23.9 Å². The zero-order valence-corrected chi connectivity index (χ0v) is 10.5. The van der Waals surface area contributed by atoms with Crippen LogP contribution in [-0.2, 0) is 15.6 Å². The van der Waals surface area contributed by atoms with Crippen molar-refractivity contribution >= 4 is 30.6 Å². The van der Waals surface area contributed by atoms with Crippen molar-refractivity contribution in [3.8, 4) is 0 Å². The molecule has 0 aliphatic rings. The number of hydrogen-bond acceptors (Lipinski definition) is 3. The number of nitrogens with zero attached hydrogens (tertiary/aromatic N) is 2. The molecule has 4 nitrogen and oxygen atoms in total. The molecular formula is C10H11ClN2O2S. The van der Waals surface area contributed by atoms with Gasteiger partial charge in [0.05, 0.1) is 16.1 Å². The Balaban J connectivity index is 2.79. The second kappa shape index (κ2) is 3.75. The normalized spacial score (nSPS) is 12.2. The highest BCUT2D eigenvalue weighted by Crippen LogP contribution is 2.23. The monoisotopic (exact) mass is 258 g/mol. The molecule has 0 aliphatic heterocycles. The van der Waals surface area contributed by atoms with Gasteiger partial charge in [-0.05, 0) is 32.0 Å². The second-order valence-electron chi connectivity index (χ2n) is 3.52. The Kier molecular flexibility index (Phi) is 2.67. The number of benzene rings is 1. The fourth-order valence-electron chi connectivity index (χ4n) is 1.71. The van der Waals surface area contributed by atoms with E-state index >= 15 is 0 Å². The van der Waals surface area contributed by atoms with Crippen LogP contribution < -0.4 is 0 Å². The van der Waals surface area contributed by atoms with Crippen LogP contribution in [0.15, 0.2) is 23.1 Å². The van der Waals surface area contributed by atoms with E-state index in [-0.39, 0.29) is 4.90 Å². The van der Waals surface area contributed by atoms with E-state index in [0.717, 1.165) is 16.6 Å². The summed E-state index contributed by atoms with van der Waals surface area (Å²) in [5.74, 6) is 0. The smallest absolute Gasteiger partial charge is 0.261 e. The first-order valence-corrected chi connectivity index (χ1v) is 7.16. The van der Waals surface area contributed by atoms with Crippen molar-refractivity contribution in [2.24, 2.45) is 0 Å². The van der Waals surface area contributed by atoms with Crippen molar-refractivity contribution in [3.63, 3.8) is 0 Å². The summed E-state index contributed by atoms with van der Waals surface area (Å²) < 4.78 is 24.2. The van der Waals surface area contributed by atoms with Gasteiger partial charge in [0.25, 0.3) is 9.05 Å². The van der Waals surface area contributed by atoms with Gasteiger partial charge in [-0.3, -0.25) is 4.68 Å². The van der Waals surface area contributed by atoms with Crippen LogP contribution in [0.1, 0.15) is 12.6 Å². The molecule has 6 heteroatoms. The van der Waals surface area contributed by atoms with E-state index in [0.29, 0.717) is 6.54 Å². The Morgan fingerprint density at radius 2 is 2.12 bits per heavy atom. The minimum Gasteiger partial charge on any atom is -0.265 e. The molecule has 0 saturated carbocycles. The molecule has 0 aliphatic carbocycles. The fraction of sp³-hybridized carbons (Fsp3) is 0.300. The van der Waals surface area contributed by atoms with Gasteiger partial charge in [0, 0.05) is 22.6 Å². The predicted octanol–water partition coefficient (Wildman–Crippen LogP) is 2.29.